The molecule has 1 aromatic carbocycles. The third kappa shape index (κ3) is 1.36. The van der Waals surface area contributed by atoms with Crippen molar-refractivity contribution in [3.05, 3.63) is 30.5 Å². The van der Waals surface area contributed by atoms with Crippen LogP contribution in [0.3, 0.4) is 0 Å². The Morgan fingerprint density at radius 2 is 2.21 bits per heavy atom. The van der Waals surface area contributed by atoms with Crippen LogP contribution in [0.5, 0.6) is 5.75 Å². The number of nitrogens with two attached hydrogens (primary N) is 1. The molecule has 0 saturated carbocycles. The molecule has 0 unspecified atom stereocenters. The number of pyridine rings is 1. The standard InChI is InChI=1S/C10H11N3O/c1-14-8-2-3-9-7(6-8)4-5-12-10(9)13-11/h2-6H,11H2,1H3,(H,12,13). The van der Waals surface area contributed by atoms with Gasteiger partial charge in [0.05, 0.1) is 7.11 Å². The Hall–Kier alpha value is -1.81. The van der Waals surface area contributed by atoms with E-state index in [0.29, 0.717) is 5.82 Å². The van der Waals surface area contributed by atoms with Crippen LogP contribution >= 0.6 is 0 Å². The predicted octanol–water partition coefficient (Wildman–Crippen LogP) is 1.53. The molecule has 0 atom stereocenters. The molecule has 0 aliphatic carbocycles. The lowest BCUT2D eigenvalue weighted by Crippen LogP contribution is -2.08. The number of rotatable bonds is 2. The molecule has 3 N–H and O–H groups in total. The second-order valence-corrected chi connectivity index (χ2v) is 2.89. The highest BCUT2D eigenvalue weighted by molar-refractivity contribution is 5.92. The molecule has 0 bridgehead atoms. The largest absolute Gasteiger partial charge is 0.497 e. The molecular weight excluding hydrogens is 178 g/mol. The third-order valence-corrected chi connectivity index (χ3v) is 2.11. The Morgan fingerprint density at radius 1 is 1.36 bits per heavy atom. The lowest BCUT2D eigenvalue weighted by Gasteiger charge is -2.05. The number of ether oxygens (including phenoxy) is 1. The summed E-state index contributed by atoms with van der Waals surface area (Å²) in [5.74, 6) is 6.84. The normalized spacial score (nSPS) is 10.1. The van der Waals surface area contributed by atoms with Crippen LogP contribution in [0.25, 0.3) is 10.8 Å². The number of hydrazine groups is 1. The van der Waals surface area contributed by atoms with Gasteiger partial charge >= 0.3 is 0 Å². The Balaban J connectivity index is 2.67. The molecule has 1 heterocycles. The summed E-state index contributed by atoms with van der Waals surface area (Å²) >= 11 is 0. The van der Waals surface area contributed by atoms with E-state index < -0.39 is 0 Å². The molecule has 2 rings (SSSR count). The van der Waals surface area contributed by atoms with Crippen LogP contribution in [0.1, 0.15) is 0 Å². The van der Waals surface area contributed by atoms with E-state index in [1.165, 1.54) is 0 Å². The van der Waals surface area contributed by atoms with Crippen molar-refractivity contribution in [2.45, 2.75) is 0 Å². The monoisotopic (exact) mass is 189 g/mol. The number of methoxy groups -OCH3 is 1. The molecule has 0 spiro atoms. The van der Waals surface area contributed by atoms with Gasteiger partial charge < -0.3 is 10.2 Å². The van der Waals surface area contributed by atoms with Crippen LogP contribution in [-0.2, 0) is 0 Å². The van der Waals surface area contributed by atoms with E-state index in [4.69, 9.17) is 10.6 Å². The van der Waals surface area contributed by atoms with Crippen molar-refractivity contribution in [1.29, 1.82) is 0 Å². The summed E-state index contributed by atoms with van der Waals surface area (Å²) < 4.78 is 5.12. The van der Waals surface area contributed by atoms with Gasteiger partial charge in [-0.25, -0.2) is 10.8 Å². The fourth-order valence-electron chi connectivity index (χ4n) is 1.40. The Morgan fingerprint density at radius 3 is 2.93 bits per heavy atom. The van der Waals surface area contributed by atoms with Gasteiger partial charge in [0.2, 0.25) is 0 Å². The molecule has 0 saturated heterocycles. The average molecular weight is 189 g/mol. The van der Waals surface area contributed by atoms with Crippen molar-refractivity contribution in [3.63, 3.8) is 0 Å². The molecular formula is C10H11N3O. The number of nitrogen functional groups attached to an aromatic ring is 1. The summed E-state index contributed by atoms with van der Waals surface area (Å²) in [6, 6.07) is 7.66. The molecule has 72 valence electrons. The van der Waals surface area contributed by atoms with Crippen LogP contribution < -0.4 is 16.0 Å². The molecule has 2 aromatic rings. The fourth-order valence-corrected chi connectivity index (χ4v) is 1.40. The van der Waals surface area contributed by atoms with E-state index in [0.717, 1.165) is 16.5 Å². The van der Waals surface area contributed by atoms with Crippen molar-refractivity contribution in [3.8, 4) is 5.75 Å². The lowest BCUT2D eigenvalue weighted by molar-refractivity contribution is 0.415. The molecule has 0 aliphatic rings. The summed E-state index contributed by atoms with van der Waals surface area (Å²) in [6.45, 7) is 0. The maximum Gasteiger partial charge on any atom is 0.147 e. The number of aromatic nitrogens is 1. The minimum atomic E-state index is 0.671. The molecule has 0 amide bonds. The van der Waals surface area contributed by atoms with E-state index in [9.17, 15) is 0 Å². The Bertz CT molecular complexity index is 456. The Kier molecular flexibility index (Phi) is 2.20. The number of fused-ring (bicyclic) bond motifs is 1. The number of anilines is 1. The number of nitrogens with zero attached hydrogens (tertiary/aromatic N) is 1. The van der Waals surface area contributed by atoms with Gasteiger partial charge in [0.1, 0.15) is 11.6 Å². The van der Waals surface area contributed by atoms with Gasteiger partial charge in [-0.1, -0.05) is 0 Å². The zero-order chi connectivity index (χ0) is 9.97. The van der Waals surface area contributed by atoms with Gasteiger partial charge in [0.25, 0.3) is 0 Å². The molecule has 0 radical (unpaired) electrons. The first-order chi connectivity index (χ1) is 6.85. The van der Waals surface area contributed by atoms with Gasteiger partial charge in [0, 0.05) is 11.6 Å². The first-order valence-corrected chi connectivity index (χ1v) is 4.24. The van der Waals surface area contributed by atoms with Crippen molar-refractivity contribution in [1.82, 2.24) is 4.98 Å². The van der Waals surface area contributed by atoms with Gasteiger partial charge in [-0.15, -0.1) is 0 Å². The van der Waals surface area contributed by atoms with Crippen molar-refractivity contribution < 1.29 is 4.74 Å². The van der Waals surface area contributed by atoms with E-state index in [1.807, 2.05) is 24.3 Å². The number of hydrogen-bond donors (Lipinski definition) is 2. The highest BCUT2D eigenvalue weighted by atomic mass is 16.5. The van der Waals surface area contributed by atoms with Gasteiger partial charge in [-0.3, -0.25) is 0 Å². The van der Waals surface area contributed by atoms with E-state index >= 15 is 0 Å². The molecule has 1 aromatic heterocycles. The molecule has 4 heteroatoms. The van der Waals surface area contributed by atoms with Crippen LogP contribution in [-0.4, -0.2) is 12.1 Å². The molecule has 4 nitrogen and oxygen atoms in total. The summed E-state index contributed by atoms with van der Waals surface area (Å²) in [5.41, 5.74) is 2.56. The zero-order valence-corrected chi connectivity index (χ0v) is 7.82. The second kappa shape index (κ2) is 3.51. The van der Waals surface area contributed by atoms with E-state index in [-0.39, 0.29) is 0 Å². The summed E-state index contributed by atoms with van der Waals surface area (Å²) in [5, 5.41) is 2.03. The van der Waals surface area contributed by atoms with Crippen LogP contribution in [0.15, 0.2) is 30.5 Å². The number of hydrogen-bond acceptors (Lipinski definition) is 4. The topological polar surface area (TPSA) is 60.2 Å². The fraction of sp³-hybridized carbons (Fsp3) is 0.100. The summed E-state index contributed by atoms with van der Waals surface area (Å²) in [4.78, 5) is 4.10. The first-order valence-electron chi connectivity index (χ1n) is 4.24. The van der Waals surface area contributed by atoms with Gasteiger partial charge in [0.15, 0.2) is 0 Å². The highest BCUT2D eigenvalue weighted by Crippen LogP contribution is 2.24. The molecule has 0 aliphatic heterocycles. The summed E-state index contributed by atoms with van der Waals surface area (Å²) in [6.07, 6.45) is 1.71. The summed E-state index contributed by atoms with van der Waals surface area (Å²) in [7, 11) is 1.64. The average Bonchev–Trinajstić information content (AvgIpc) is 2.27. The van der Waals surface area contributed by atoms with E-state index in [1.54, 1.807) is 13.3 Å². The van der Waals surface area contributed by atoms with Gasteiger partial charge in [-0.05, 0) is 29.7 Å². The quantitative estimate of drug-likeness (QED) is 0.555. The molecule has 0 fully saturated rings. The van der Waals surface area contributed by atoms with Crippen molar-refractivity contribution in [2.75, 3.05) is 12.5 Å². The van der Waals surface area contributed by atoms with Crippen LogP contribution in [0.4, 0.5) is 5.82 Å². The molecule has 14 heavy (non-hydrogen) atoms. The first kappa shape index (κ1) is 8.77. The zero-order valence-electron chi connectivity index (χ0n) is 7.82. The highest BCUT2D eigenvalue weighted by Gasteiger charge is 2.01. The number of benzene rings is 1. The number of nitrogens with one attached hydrogen (secondary N) is 1. The lowest BCUT2D eigenvalue weighted by atomic mass is 10.1. The Labute approximate surface area is 81.7 Å². The van der Waals surface area contributed by atoms with E-state index in [2.05, 4.69) is 10.4 Å². The minimum Gasteiger partial charge on any atom is -0.497 e. The maximum absolute atomic E-state index is 5.34. The van der Waals surface area contributed by atoms with Crippen molar-refractivity contribution >= 4 is 16.6 Å². The van der Waals surface area contributed by atoms with Crippen LogP contribution in [0.2, 0.25) is 0 Å². The maximum atomic E-state index is 5.34. The third-order valence-electron chi connectivity index (χ3n) is 2.11. The van der Waals surface area contributed by atoms with Crippen LogP contribution in [0, 0.1) is 0 Å². The predicted molar refractivity (Wildman–Crippen MR) is 56.1 cm³/mol. The smallest absolute Gasteiger partial charge is 0.147 e. The SMILES string of the molecule is COc1ccc2c(NN)nccc2c1. The van der Waals surface area contributed by atoms with Crippen molar-refractivity contribution in [2.24, 2.45) is 5.84 Å². The minimum absolute atomic E-state index is 0.671. The second-order valence-electron chi connectivity index (χ2n) is 2.89. The van der Waals surface area contributed by atoms with Gasteiger partial charge in [-0.2, -0.15) is 0 Å².